The van der Waals surface area contributed by atoms with Crippen LogP contribution in [0.2, 0.25) is 0 Å². The maximum atomic E-state index is 12.0. The van der Waals surface area contributed by atoms with Crippen LogP contribution in [0.15, 0.2) is 0 Å². The molecule has 6 nitrogen and oxygen atoms in total. The molecule has 0 aromatic heterocycles. The van der Waals surface area contributed by atoms with Gasteiger partial charge in [-0.25, -0.2) is 0 Å². The van der Waals surface area contributed by atoms with E-state index in [0.717, 1.165) is 19.3 Å². The molecule has 142 valence electrons. The second-order valence-corrected chi connectivity index (χ2v) is 6.91. The number of carbonyl (C=O) groups excluding carboxylic acids is 1. The van der Waals surface area contributed by atoms with Crippen LogP contribution in [0.25, 0.3) is 0 Å². The molecular weight excluding hydrogens is 312 g/mol. The Labute approximate surface area is 144 Å². The van der Waals surface area contributed by atoms with Gasteiger partial charge in [0.15, 0.2) is 0 Å². The van der Waals surface area contributed by atoms with Crippen LogP contribution < -0.4 is 0 Å². The van der Waals surface area contributed by atoms with E-state index in [-0.39, 0.29) is 12.2 Å². The first-order chi connectivity index (χ1) is 11.4. The number of unbranched alkanes of at least 4 members (excludes halogenated alkanes) is 8. The quantitative estimate of drug-likeness (QED) is 0.378. The molecule has 1 heterocycles. The van der Waals surface area contributed by atoms with Gasteiger partial charge < -0.3 is 25.2 Å². The van der Waals surface area contributed by atoms with Gasteiger partial charge in [0.2, 0.25) is 5.79 Å². The number of Topliss-reactive ketones (excluding diaryl/α,β-unsaturated/α-hetero) is 1. The lowest BCUT2D eigenvalue weighted by Gasteiger charge is -2.25. The van der Waals surface area contributed by atoms with Crippen molar-refractivity contribution in [2.45, 2.75) is 102 Å². The zero-order valence-electron chi connectivity index (χ0n) is 14.8. The third kappa shape index (κ3) is 6.76. The van der Waals surface area contributed by atoms with Crippen molar-refractivity contribution in [2.24, 2.45) is 0 Å². The molecule has 1 saturated heterocycles. The van der Waals surface area contributed by atoms with Crippen molar-refractivity contribution in [2.75, 3.05) is 6.61 Å². The van der Waals surface area contributed by atoms with E-state index < -0.39 is 30.7 Å². The van der Waals surface area contributed by atoms with Gasteiger partial charge in [-0.1, -0.05) is 58.3 Å². The summed E-state index contributed by atoms with van der Waals surface area (Å²) < 4.78 is 5.07. The molecular formula is C18H34O6. The van der Waals surface area contributed by atoms with E-state index in [0.29, 0.717) is 6.42 Å². The molecule has 6 heteroatoms. The highest BCUT2D eigenvalue weighted by molar-refractivity contribution is 5.79. The van der Waals surface area contributed by atoms with Gasteiger partial charge in [-0.3, -0.25) is 4.79 Å². The van der Waals surface area contributed by atoms with Gasteiger partial charge in [-0.05, 0) is 6.42 Å². The van der Waals surface area contributed by atoms with E-state index in [1.807, 2.05) is 0 Å². The van der Waals surface area contributed by atoms with Gasteiger partial charge >= 0.3 is 0 Å². The lowest BCUT2D eigenvalue weighted by molar-refractivity contribution is -0.231. The van der Waals surface area contributed by atoms with Gasteiger partial charge in [0.1, 0.15) is 24.1 Å². The smallest absolute Gasteiger partial charge is 0.202 e. The summed E-state index contributed by atoms with van der Waals surface area (Å²) >= 11 is 0. The Bertz CT molecular complexity index is 361. The number of rotatable bonds is 13. The zero-order valence-corrected chi connectivity index (χ0v) is 14.8. The van der Waals surface area contributed by atoms with Crippen molar-refractivity contribution in [1.29, 1.82) is 0 Å². The summed E-state index contributed by atoms with van der Waals surface area (Å²) in [6.45, 7) is 1.68. The van der Waals surface area contributed by atoms with E-state index >= 15 is 0 Å². The molecule has 0 radical (unpaired) electrons. The first kappa shape index (κ1) is 21.5. The molecule has 1 aliphatic heterocycles. The lowest BCUT2D eigenvalue weighted by Crippen LogP contribution is -2.44. The van der Waals surface area contributed by atoms with E-state index in [1.165, 1.54) is 38.5 Å². The molecule has 4 N–H and O–H groups in total. The first-order valence-corrected chi connectivity index (χ1v) is 9.33. The number of ketones is 1. The highest BCUT2D eigenvalue weighted by Gasteiger charge is 2.53. The van der Waals surface area contributed by atoms with Crippen LogP contribution in [0.1, 0.15) is 77.6 Å². The Kier molecular flexibility index (Phi) is 10.0. The average molecular weight is 346 g/mol. The molecule has 0 bridgehead atoms. The molecule has 1 rings (SSSR count). The number of aliphatic hydroxyl groups is 4. The minimum atomic E-state index is -2.09. The van der Waals surface area contributed by atoms with Gasteiger partial charge in [-0.2, -0.15) is 0 Å². The van der Waals surface area contributed by atoms with Crippen LogP contribution in [0, 0.1) is 0 Å². The average Bonchev–Trinajstić information content (AvgIpc) is 2.77. The number of carbonyl (C=O) groups is 1. The minimum Gasteiger partial charge on any atom is -0.394 e. The molecule has 0 aromatic rings. The van der Waals surface area contributed by atoms with Gasteiger partial charge in [0, 0.05) is 6.42 Å². The van der Waals surface area contributed by atoms with Crippen LogP contribution in [-0.4, -0.2) is 56.9 Å². The fourth-order valence-corrected chi connectivity index (χ4v) is 3.17. The lowest BCUT2D eigenvalue weighted by atomic mass is 9.97. The zero-order chi connectivity index (χ0) is 18.0. The normalized spacial score (nSPS) is 30.0. The van der Waals surface area contributed by atoms with E-state index in [9.17, 15) is 20.1 Å². The Morgan fingerprint density at radius 2 is 1.54 bits per heavy atom. The summed E-state index contributed by atoms with van der Waals surface area (Å²) in [5.41, 5.74) is 0. The maximum absolute atomic E-state index is 12.0. The van der Waals surface area contributed by atoms with Crippen molar-refractivity contribution in [1.82, 2.24) is 0 Å². The van der Waals surface area contributed by atoms with Crippen LogP contribution in [0.3, 0.4) is 0 Å². The summed E-state index contributed by atoms with van der Waals surface area (Å²) in [5.74, 6) is -2.30. The summed E-state index contributed by atoms with van der Waals surface area (Å²) in [7, 11) is 0. The predicted molar refractivity (Wildman–Crippen MR) is 90.4 cm³/mol. The summed E-state index contributed by atoms with van der Waals surface area (Å²) in [6.07, 6.45) is 6.34. The molecule has 1 aliphatic rings. The summed E-state index contributed by atoms with van der Waals surface area (Å²) in [5, 5.41) is 38.7. The molecule has 0 aromatic carbocycles. The van der Waals surface area contributed by atoms with Crippen LogP contribution in [0.5, 0.6) is 0 Å². The van der Waals surface area contributed by atoms with Crippen LogP contribution in [0.4, 0.5) is 0 Å². The number of hydrogen-bond donors (Lipinski definition) is 4. The second-order valence-electron chi connectivity index (χ2n) is 6.91. The van der Waals surface area contributed by atoms with E-state index in [4.69, 9.17) is 9.84 Å². The van der Waals surface area contributed by atoms with Crippen LogP contribution >= 0.6 is 0 Å². The van der Waals surface area contributed by atoms with Gasteiger partial charge in [0.25, 0.3) is 0 Å². The maximum Gasteiger partial charge on any atom is 0.202 e. The van der Waals surface area contributed by atoms with E-state index in [1.54, 1.807) is 0 Å². The molecule has 0 aliphatic carbocycles. The van der Waals surface area contributed by atoms with Crippen molar-refractivity contribution in [3.8, 4) is 0 Å². The molecule has 0 saturated carbocycles. The Hall–Kier alpha value is -0.530. The molecule has 4 atom stereocenters. The Morgan fingerprint density at radius 3 is 2.04 bits per heavy atom. The van der Waals surface area contributed by atoms with Crippen molar-refractivity contribution in [3.05, 3.63) is 0 Å². The molecule has 0 spiro atoms. The molecule has 24 heavy (non-hydrogen) atoms. The third-order valence-corrected chi connectivity index (χ3v) is 4.71. The third-order valence-electron chi connectivity index (χ3n) is 4.71. The van der Waals surface area contributed by atoms with Crippen molar-refractivity contribution >= 4 is 5.78 Å². The second kappa shape index (κ2) is 11.2. The topological polar surface area (TPSA) is 107 Å². The number of aliphatic hydroxyl groups excluding tert-OH is 3. The van der Waals surface area contributed by atoms with Gasteiger partial charge in [0.05, 0.1) is 13.0 Å². The minimum absolute atomic E-state index is 0.203. The fraction of sp³-hybridized carbons (Fsp3) is 0.944. The first-order valence-electron chi connectivity index (χ1n) is 9.33. The highest BCUT2D eigenvalue weighted by Crippen LogP contribution is 2.32. The number of ether oxygens (including phenoxy) is 1. The van der Waals surface area contributed by atoms with Crippen LogP contribution in [-0.2, 0) is 9.53 Å². The fourth-order valence-electron chi connectivity index (χ4n) is 3.17. The summed E-state index contributed by atoms with van der Waals surface area (Å²) in [4.78, 5) is 12.0. The number of hydrogen-bond acceptors (Lipinski definition) is 6. The predicted octanol–water partition coefficient (Wildman–Crippen LogP) is 1.67. The van der Waals surface area contributed by atoms with E-state index in [2.05, 4.69) is 6.92 Å². The molecule has 1 fully saturated rings. The SMILES string of the molecule is CCCCCCCCCCCC(=O)C[C@]1(O)O[C@H](CO)[C@H](O)[C@H]1O. The molecule has 0 amide bonds. The van der Waals surface area contributed by atoms with Crippen molar-refractivity contribution < 1.29 is 30.0 Å². The Morgan fingerprint density at radius 1 is 1.00 bits per heavy atom. The summed E-state index contributed by atoms with van der Waals surface area (Å²) in [6, 6.07) is 0. The molecule has 0 unspecified atom stereocenters. The Balaban J connectivity index is 2.14. The van der Waals surface area contributed by atoms with Gasteiger partial charge in [-0.15, -0.1) is 0 Å². The standard InChI is InChI=1S/C18H34O6/c1-2-3-4-5-6-7-8-9-10-11-14(20)12-18(23)17(22)16(21)15(13-19)24-18/h15-17,19,21-23H,2-13H2,1H3/t15-,16+,17-,18+/m1/s1. The highest BCUT2D eigenvalue weighted by atomic mass is 16.7. The monoisotopic (exact) mass is 346 g/mol. The largest absolute Gasteiger partial charge is 0.394 e. The van der Waals surface area contributed by atoms with Crippen molar-refractivity contribution in [3.63, 3.8) is 0 Å².